The summed E-state index contributed by atoms with van der Waals surface area (Å²) in [6.45, 7) is 1.41. The monoisotopic (exact) mass is 243 g/mol. The maximum absolute atomic E-state index is 10.7. The molecule has 1 N–H and O–H groups in total. The minimum absolute atomic E-state index is 0.0585. The molecule has 1 aromatic heterocycles. The van der Waals surface area contributed by atoms with Gasteiger partial charge in [-0.25, -0.2) is 0 Å². The van der Waals surface area contributed by atoms with Crippen LogP contribution in [0.25, 0.3) is 0 Å². The Morgan fingerprint density at radius 3 is 3.31 bits per heavy atom. The highest BCUT2D eigenvalue weighted by Gasteiger charge is 2.26. The van der Waals surface area contributed by atoms with E-state index in [9.17, 15) is 4.79 Å². The molecule has 1 aliphatic heterocycles. The second kappa shape index (κ2) is 5.31. The Morgan fingerprint density at radius 2 is 2.62 bits per heavy atom. The third-order valence-corrected chi connectivity index (χ3v) is 3.60. The third kappa shape index (κ3) is 2.96. The van der Waals surface area contributed by atoms with Gasteiger partial charge in [0.25, 0.3) is 0 Å². The second-order valence-electron chi connectivity index (χ2n) is 3.63. The molecule has 1 saturated heterocycles. The first-order chi connectivity index (χ1) is 7.75. The van der Waals surface area contributed by atoms with Crippen LogP contribution in [0, 0.1) is 0 Å². The SMILES string of the molecule is O=C(O)CC1CSCCN1Cc1ncno1. The number of nitrogens with zero attached hydrogens (tertiary/aromatic N) is 3. The molecule has 0 bridgehead atoms. The number of carboxylic acids is 1. The van der Waals surface area contributed by atoms with Gasteiger partial charge in [-0.3, -0.25) is 9.69 Å². The van der Waals surface area contributed by atoms with Crippen LogP contribution in [-0.2, 0) is 11.3 Å². The largest absolute Gasteiger partial charge is 0.481 e. The molecule has 7 heteroatoms. The molecule has 1 fully saturated rings. The van der Waals surface area contributed by atoms with Crippen LogP contribution in [0.2, 0.25) is 0 Å². The molecule has 1 atom stereocenters. The van der Waals surface area contributed by atoms with E-state index >= 15 is 0 Å². The number of rotatable bonds is 4. The lowest BCUT2D eigenvalue weighted by atomic mass is 10.2. The second-order valence-corrected chi connectivity index (χ2v) is 4.78. The van der Waals surface area contributed by atoms with Crippen molar-refractivity contribution in [3.05, 3.63) is 12.2 Å². The van der Waals surface area contributed by atoms with Crippen LogP contribution in [0.1, 0.15) is 12.3 Å². The summed E-state index contributed by atoms with van der Waals surface area (Å²) in [4.78, 5) is 16.8. The number of thioether (sulfide) groups is 1. The van der Waals surface area contributed by atoms with Gasteiger partial charge in [-0.2, -0.15) is 16.7 Å². The van der Waals surface area contributed by atoms with E-state index in [2.05, 4.69) is 15.0 Å². The summed E-state index contributed by atoms with van der Waals surface area (Å²) < 4.78 is 4.93. The average Bonchev–Trinajstić information content (AvgIpc) is 2.73. The Labute approximate surface area is 97.0 Å². The number of aromatic nitrogens is 2. The van der Waals surface area contributed by atoms with Crippen LogP contribution < -0.4 is 0 Å². The van der Waals surface area contributed by atoms with Gasteiger partial charge in [0, 0.05) is 24.1 Å². The van der Waals surface area contributed by atoms with Crippen LogP contribution in [0.15, 0.2) is 10.9 Å². The zero-order valence-electron chi connectivity index (χ0n) is 8.70. The molecule has 2 heterocycles. The summed E-state index contributed by atoms with van der Waals surface area (Å²) in [5.41, 5.74) is 0. The molecule has 0 radical (unpaired) electrons. The quantitative estimate of drug-likeness (QED) is 0.823. The topological polar surface area (TPSA) is 79.5 Å². The Morgan fingerprint density at radius 1 is 1.75 bits per heavy atom. The number of carbonyl (C=O) groups is 1. The molecule has 0 amide bonds. The van der Waals surface area contributed by atoms with Crippen molar-refractivity contribution < 1.29 is 14.4 Å². The van der Waals surface area contributed by atoms with E-state index in [1.165, 1.54) is 6.33 Å². The van der Waals surface area contributed by atoms with Gasteiger partial charge in [0.1, 0.15) is 0 Å². The Kier molecular flexibility index (Phi) is 3.79. The van der Waals surface area contributed by atoms with E-state index in [0.29, 0.717) is 12.4 Å². The number of aliphatic carboxylic acids is 1. The lowest BCUT2D eigenvalue weighted by Crippen LogP contribution is -2.43. The molecule has 1 aliphatic rings. The normalized spacial score (nSPS) is 22.1. The van der Waals surface area contributed by atoms with Crippen molar-refractivity contribution in [3.8, 4) is 0 Å². The van der Waals surface area contributed by atoms with Gasteiger partial charge in [-0.05, 0) is 0 Å². The van der Waals surface area contributed by atoms with Gasteiger partial charge in [-0.1, -0.05) is 5.16 Å². The molecule has 2 rings (SSSR count). The van der Waals surface area contributed by atoms with E-state index in [1.807, 2.05) is 0 Å². The summed E-state index contributed by atoms with van der Waals surface area (Å²) in [6, 6.07) is 0.0585. The number of carboxylic acid groups (broad SMARTS) is 1. The Bertz CT molecular complexity index is 344. The molecule has 16 heavy (non-hydrogen) atoms. The molecule has 6 nitrogen and oxygen atoms in total. The summed E-state index contributed by atoms with van der Waals surface area (Å²) in [5.74, 6) is 1.65. The standard InChI is InChI=1S/C9H13N3O3S/c13-9(14)3-7-5-16-2-1-12(7)4-8-10-6-11-15-8/h6-7H,1-5H2,(H,13,14). The third-order valence-electron chi connectivity index (χ3n) is 2.51. The maximum atomic E-state index is 10.7. The Hall–Kier alpha value is -1.08. The van der Waals surface area contributed by atoms with Crippen molar-refractivity contribution in [2.75, 3.05) is 18.1 Å². The van der Waals surface area contributed by atoms with Gasteiger partial charge in [0.15, 0.2) is 6.33 Å². The fourth-order valence-corrected chi connectivity index (χ4v) is 2.86. The van der Waals surface area contributed by atoms with Gasteiger partial charge in [0.05, 0.1) is 13.0 Å². The van der Waals surface area contributed by atoms with Crippen LogP contribution in [0.3, 0.4) is 0 Å². The van der Waals surface area contributed by atoms with E-state index in [0.717, 1.165) is 18.1 Å². The smallest absolute Gasteiger partial charge is 0.304 e. The fraction of sp³-hybridized carbons (Fsp3) is 0.667. The molecule has 1 unspecified atom stereocenters. The predicted octanol–water partition coefficient (Wildman–Crippen LogP) is 0.462. The highest BCUT2D eigenvalue weighted by molar-refractivity contribution is 7.99. The first kappa shape index (κ1) is 11.4. The number of hydrogen-bond donors (Lipinski definition) is 1. The molecular weight excluding hydrogens is 230 g/mol. The van der Waals surface area contributed by atoms with E-state index in [4.69, 9.17) is 9.63 Å². The zero-order valence-corrected chi connectivity index (χ0v) is 9.52. The van der Waals surface area contributed by atoms with Crippen molar-refractivity contribution in [1.82, 2.24) is 15.0 Å². The molecular formula is C9H13N3O3S. The molecule has 0 aromatic carbocycles. The average molecular weight is 243 g/mol. The Balaban J connectivity index is 1.96. The first-order valence-corrected chi connectivity index (χ1v) is 6.20. The van der Waals surface area contributed by atoms with Crippen molar-refractivity contribution in [2.24, 2.45) is 0 Å². The summed E-state index contributed by atoms with van der Waals surface area (Å²) in [5, 5.41) is 12.4. The maximum Gasteiger partial charge on any atom is 0.304 e. The van der Waals surface area contributed by atoms with E-state index in [-0.39, 0.29) is 12.5 Å². The van der Waals surface area contributed by atoms with Crippen molar-refractivity contribution in [3.63, 3.8) is 0 Å². The van der Waals surface area contributed by atoms with Gasteiger partial charge in [-0.15, -0.1) is 0 Å². The summed E-state index contributed by atoms with van der Waals surface area (Å²) in [6.07, 6.45) is 1.53. The van der Waals surface area contributed by atoms with E-state index < -0.39 is 5.97 Å². The van der Waals surface area contributed by atoms with Crippen LogP contribution in [0.5, 0.6) is 0 Å². The van der Waals surface area contributed by atoms with Crippen LogP contribution in [-0.4, -0.2) is 50.2 Å². The van der Waals surface area contributed by atoms with Crippen molar-refractivity contribution >= 4 is 17.7 Å². The van der Waals surface area contributed by atoms with Gasteiger partial charge in [0.2, 0.25) is 5.89 Å². The molecule has 0 spiro atoms. The lowest BCUT2D eigenvalue weighted by Gasteiger charge is -2.33. The minimum atomic E-state index is -0.761. The minimum Gasteiger partial charge on any atom is -0.481 e. The predicted molar refractivity (Wildman–Crippen MR) is 58.1 cm³/mol. The zero-order chi connectivity index (χ0) is 11.4. The number of hydrogen-bond acceptors (Lipinski definition) is 6. The molecule has 88 valence electrons. The van der Waals surface area contributed by atoms with Gasteiger partial charge >= 0.3 is 5.97 Å². The van der Waals surface area contributed by atoms with Crippen LogP contribution >= 0.6 is 11.8 Å². The fourth-order valence-electron chi connectivity index (χ4n) is 1.73. The summed E-state index contributed by atoms with van der Waals surface area (Å²) >= 11 is 1.79. The van der Waals surface area contributed by atoms with Gasteiger partial charge < -0.3 is 9.63 Å². The first-order valence-electron chi connectivity index (χ1n) is 5.05. The molecule has 0 aliphatic carbocycles. The van der Waals surface area contributed by atoms with Crippen molar-refractivity contribution in [1.29, 1.82) is 0 Å². The summed E-state index contributed by atoms with van der Waals surface area (Å²) in [7, 11) is 0. The highest BCUT2D eigenvalue weighted by Crippen LogP contribution is 2.20. The lowest BCUT2D eigenvalue weighted by molar-refractivity contribution is -0.138. The van der Waals surface area contributed by atoms with Crippen LogP contribution in [0.4, 0.5) is 0 Å². The van der Waals surface area contributed by atoms with E-state index in [1.54, 1.807) is 11.8 Å². The molecule has 1 aromatic rings. The van der Waals surface area contributed by atoms with Crippen molar-refractivity contribution in [2.45, 2.75) is 19.0 Å². The highest BCUT2D eigenvalue weighted by atomic mass is 32.2. The molecule has 0 saturated carbocycles.